The molecule has 1 aliphatic carbocycles. The summed E-state index contributed by atoms with van der Waals surface area (Å²) in [4.78, 5) is 47.6. The number of piperidine rings is 1. The third-order valence-electron chi connectivity index (χ3n) is 8.60. The average molecular weight is 684 g/mol. The number of hydrogen-bond acceptors (Lipinski definition) is 6. The van der Waals surface area contributed by atoms with Crippen molar-refractivity contribution in [3.8, 4) is 5.75 Å². The summed E-state index contributed by atoms with van der Waals surface area (Å²) in [7, 11) is 0. The number of carbonyl (C=O) groups excluding carboxylic acids is 3. The van der Waals surface area contributed by atoms with Crippen LogP contribution in [0.2, 0.25) is 0 Å². The monoisotopic (exact) mass is 682 g/mol. The van der Waals surface area contributed by atoms with Crippen LogP contribution in [-0.2, 0) is 20.9 Å². The van der Waals surface area contributed by atoms with Crippen LogP contribution in [0.5, 0.6) is 5.75 Å². The number of ether oxygens (including phenoxy) is 2. The fourth-order valence-electron chi connectivity index (χ4n) is 6.09. The molecule has 1 saturated carbocycles. The number of benzene rings is 2. The van der Waals surface area contributed by atoms with Crippen LogP contribution in [0.15, 0.2) is 53.0 Å². The number of hydrogen-bond donors (Lipinski definition) is 0. The Labute approximate surface area is 275 Å². The summed E-state index contributed by atoms with van der Waals surface area (Å²) >= 11 is 3.50. The van der Waals surface area contributed by atoms with Gasteiger partial charge in [0.25, 0.3) is 5.91 Å². The highest BCUT2D eigenvalue weighted by atomic mass is 79.9. The SMILES string of the molecule is CC(C)(C)OC(=O)N1CCN(C(=O)C(C)(C)Oc2cccc(N3CCC[C@H](C(=O)N(Cc4ccc(Br)cc4)C4CC4)C3)c2)CC1. The van der Waals surface area contributed by atoms with Crippen LogP contribution in [0.25, 0.3) is 0 Å². The van der Waals surface area contributed by atoms with E-state index in [-0.39, 0.29) is 23.8 Å². The second kappa shape index (κ2) is 13.6. The van der Waals surface area contributed by atoms with Crippen molar-refractivity contribution in [1.82, 2.24) is 14.7 Å². The molecule has 3 amide bonds. The van der Waals surface area contributed by atoms with E-state index in [0.717, 1.165) is 48.0 Å². The Balaban J connectivity index is 1.18. The van der Waals surface area contributed by atoms with Gasteiger partial charge in [-0.3, -0.25) is 9.59 Å². The molecule has 0 radical (unpaired) electrons. The molecule has 244 valence electrons. The zero-order valence-corrected chi connectivity index (χ0v) is 28.8. The zero-order chi connectivity index (χ0) is 32.4. The van der Waals surface area contributed by atoms with Gasteiger partial charge in [0, 0.05) is 68.1 Å². The fraction of sp³-hybridized carbons (Fsp3) is 0.571. The molecular formula is C35H47BrN4O5. The molecule has 0 N–H and O–H groups in total. The topological polar surface area (TPSA) is 82.6 Å². The number of carbonyl (C=O) groups is 3. The molecule has 0 aromatic heterocycles. The van der Waals surface area contributed by atoms with Gasteiger partial charge < -0.3 is 29.1 Å². The van der Waals surface area contributed by atoms with Gasteiger partial charge >= 0.3 is 6.09 Å². The summed E-state index contributed by atoms with van der Waals surface area (Å²) < 4.78 is 12.8. The van der Waals surface area contributed by atoms with Gasteiger partial charge in [0.05, 0.1) is 5.92 Å². The first kappa shape index (κ1) is 33.1. The summed E-state index contributed by atoms with van der Waals surface area (Å²) in [5.41, 5.74) is 0.490. The summed E-state index contributed by atoms with van der Waals surface area (Å²) in [5.74, 6) is 0.681. The molecule has 0 unspecified atom stereocenters. The molecule has 0 spiro atoms. The van der Waals surface area contributed by atoms with Crippen molar-refractivity contribution in [2.24, 2.45) is 5.92 Å². The van der Waals surface area contributed by atoms with Crippen LogP contribution in [0.3, 0.4) is 0 Å². The van der Waals surface area contributed by atoms with Gasteiger partial charge in [-0.05, 0) is 90.1 Å². The minimum atomic E-state index is -1.09. The molecule has 0 bridgehead atoms. The number of piperazine rings is 1. The van der Waals surface area contributed by atoms with E-state index in [9.17, 15) is 14.4 Å². The first-order chi connectivity index (χ1) is 21.3. The van der Waals surface area contributed by atoms with Crippen molar-refractivity contribution in [1.29, 1.82) is 0 Å². The Bertz CT molecular complexity index is 1360. The van der Waals surface area contributed by atoms with Gasteiger partial charge in [-0.25, -0.2) is 4.79 Å². The maximum absolute atomic E-state index is 13.8. The molecule has 2 saturated heterocycles. The van der Waals surface area contributed by atoms with E-state index in [2.05, 4.69) is 37.9 Å². The van der Waals surface area contributed by atoms with Crippen molar-refractivity contribution in [3.63, 3.8) is 0 Å². The highest BCUT2D eigenvalue weighted by Gasteiger charge is 2.39. The highest BCUT2D eigenvalue weighted by Crippen LogP contribution is 2.34. The molecule has 3 fully saturated rings. The minimum Gasteiger partial charge on any atom is -0.478 e. The van der Waals surface area contributed by atoms with E-state index < -0.39 is 11.2 Å². The number of halogens is 1. The lowest BCUT2D eigenvalue weighted by Crippen LogP contribution is -2.57. The summed E-state index contributed by atoms with van der Waals surface area (Å²) in [6.45, 7) is 13.0. The van der Waals surface area contributed by atoms with Crippen molar-refractivity contribution in [3.05, 3.63) is 58.6 Å². The number of anilines is 1. The maximum atomic E-state index is 13.8. The van der Waals surface area contributed by atoms with Crippen LogP contribution >= 0.6 is 15.9 Å². The van der Waals surface area contributed by atoms with E-state index >= 15 is 0 Å². The highest BCUT2D eigenvalue weighted by molar-refractivity contribution is 9.10. The van der Waals surface area contributed by atoms with E-state index in [0.29, 0.717) is 51.1 Å². The van der Waals surface area contributed by atoms with Gasteiger partial charge in [0.15, 0.2) is 5.60 Å². The van der Waals surface area contributed by atoms with Crippen LogP contribution in [0, 0.1) is 5.92 Å². The Hall–Kier alpha value is -3.27. The van der Waals surface area contributed by atoms with Gasteiger partial charge in [-0.2, -0.15) is 0 Å². The standard InChI is InChI=1S/C35H47BrN4O5/c1-34(2,3)45-33(43)38-20-18-37(19-21-38)32(42)35(4,5)44-30-10-6-9-29(22-30)39-17-7-8-26(24-39)31(41)40(28-15-16-28)23-25-11-13-27(36)14-12-25/h6,9-14,22,26,28H,7-8,15-21,23-24H2,1-5H3/t26-/m0/s1. The van der Waals surface area contributed by atoms with Gasteiger partial charge in [-0.15, -0.1) is 0 Å². The third-order valence-corrected chi connectivity index (χ3v) is 9.13. The Kier molecular flexibility index (Phi) is 10.0. The second-order valence-electron chi connectivity index (χ2n) is 14.0. The predicted molar refractivity (Wildman–Crippen MR) is 178 cm³/mol. The zero-order valence-electron chi connectivity index (χ0n) is 27.3. The number of rotatable bonds is 8. The van der Waals surface area contributed by atoms with Gasteiger partial charge in [0.2, 0.25) is 5.91 Å². The Morgan fingerprint density at radius 3 is 2.20 bits per heavy atom. The Morgan fingerprint density at radius 2 is 1.56 bits per heavy atom. The summed E-state index contributed by atoms with van der Waals surface area (Å²) in [5, 5.41) is 0. The molecule has 2 aromatic carbocycles. The molecule has 2 aliphatic heterocycles. The first-order valence-electron chi connectivity index (χ1n) is 16.2. The Morgan fingerprint density at radius 1 is 0.889 bits per heavy atom. The van der Waals surface area contributed by atoms with E-state index in [4.69, 9.17) is 9.47 Å². The van der Waals surface area contributed by atoms with E-state index in [1.54, 1.807) is 23.6 Å². The molecule has 45 heavy (non-hydrogen) atoms. The minimum absolute atomic E-state index is 0.0586. The van der Waals surface area contributed by atoms with E-state index in [1.165, 1.54) is 0 Å². The lowest BCUT2D eigenvalue weighted by molar-refractivity contribution is -0.147. The molecular weight excluding hydrogens is 636 g/mol. The largest absolute Gasteiger partial charge is 0.478 e. The van der Waals surface area contributed by atoms with Crippen LogP contribution in [0.4, 0.5) is 10.5 Å². The van der Waals surface area contributed by atoms with Crippen molar-refractivity contribution in [2.75, 3.05) is 44.2 Å². The van der Waals surface area contributed by atoms with Crippen LogP contribution in [-0.4, -0.2) is 89.1 Å². The van der Waals surface area contributed by atoms with Gasteiger partial charge in [-0.1, -0.05) is 34.1 Å². The van der Waals surface area contributed by atoms with Crippen molar-refractivity contribution < 1.29 is 23.9 Å². The summed E-state index contributed by atoms with van der Waals surface area (Å²) in [6.07, 6.45) is 3.63. The molecule has 10 heteroatoms. The number of nitrogens with zero attached hydrogens (tertiary/aromatic N) is 4. The van der Waals surface area contributed by atoms with Crippen molar-refractivity contribution in [2.45, 2.75) is 84.1 Å². The maximum Gasteiger partial charge on any atom is 0.410 e. The summed E-state index contributed by atoms with van der Waals surface area (Å²) in [6, 6.07) is 16.4. The molecule has 2 aromatic rings. The lowest BCUT2D eigenvalue weighted by Gasteiger charge is -2.39. The molecule has 3 aliphatic rings. The number of amides is 3. The first-order valence-corrected chi connectivity index (χ1v) is 16.9. The molecule has 5 rings (SSSR count). The molecule has 2 heterocycles. The fourth-order valence-corrected chi connectivity index (χ4v) is 6.35. The van der Waals surface area contributed by atoms with Gasteiger partial charge in [0.1, 0.15) is 11.4 Å². The normalized spacial score (nSPS) is 19.2. The molecule has 9 nitrogen and oxygen atoms in total. The third kappa shape index (κ3) is 8.71. The molecule has 1 atom stereocenters. The second-order valence-corrected chi connectivity index (χ2v) is 14.9. The van der Waals surface area contributed by atoms with E-state index in [1.807, 2.05) is 57.2 Å². The average Bonchev–Trinajstić information content (AvgIpc) is 3.85. The van der Waals surface area contributed by atoms with Crippen LogP contribution in [0.1, 0.15) is 65.9 Å². The quantitative estimate of drug-likeness (QED) is 0.335. The predicted octanol–water partition coefficient (Wildman–Crippen LogP) is 6.09. The van der Waals surface area contributed by atoms with Crippen LogP contribution < -0.4 is 9.64 Å². The van der Waals surface area contributed by atoms with Crippen molar-refractivity contribution >= 4 is 39.5 Å². The lowest BCUT2D eigenvalue weighted by atomic mass is 9.95. The smallest absolute Gasteiger partial charge is 0.410 e.